The molecule has 1 saturated carbocycles. The number of carbonyl (C=O) groups is 1. The summed E-state index contributed by atoms with van der Waals surface area (Å²) in [6.45, 7) is 1.86. The van der Waals surface area contributed by atoms with Gasteiger partial charge in [-0.3, -0.25) is 4.79 Å². The summed E-state index contributed by atoms with van der Waals surface area (Å²) in [7, 11) is 0. The van der Waals surface area contributed by atoms with Gasteiger partial charge in [0.2, 0.25) is 5.91 Å². The fourth-order valence-corrected chi connectivity index (χ4v) is 4.00. The average Bonchev–Trinajstić information content (AvgIpc) is 3.06. The molecule has 1 amide bonds. The molecule has 1 aromatic rings. The van der Waals surface area contributed by atoms with Crippen molar-refractivity contribution in [2.24, 2.45) is 0 Å². The summed E-state index contributed by atoms with van der Waals surface area (Å²) in [4.78, 5) is 11.9. The van der Waals surface area contributed by atoms with Crippen molar-refractivity contribution < 1.29 is 4.79 Å². The second kappa shape index (κ2) is 5.92. The van der Waals surface area contributed by atoms with E-state index < -0.39 is 0 Å². The topological polar surface area (TPSA) is 41.1 Å². The van der Waals surface area contributed by atoms with Gasteiger partial charge in [0, 0.05) is 19.5 Å². The summed E-state index contributed by atoms with van der Waals surface area (Å²) >= 11 is 10.4. The lowest BCUT2D eigenvalue weighted by Crippen LogP contribution is -2.38. The number of amides is 1. The Hall–Kier alpha value is -0.0700. The molecule has 6 heteroatoms. The Morgan fingerprint density at radius 2 is 1.83 bits per heavy atom. The zero-order chi connectivity index (χ0) is 13.3. The van der Waals surface area contributed by atoms with Crippen LogP contribution in [0.5, 0.6) is 0 Å². The van der Waals surface area contributed by atoms with E-state index in [0.29, 0.717) is 6.04 Å². The van der Waals surface area contributed by atoms with E-state index in [0.717, 1.165) is 31.9 Å². The van der Waals surface area contributed by atoms with Crippen LogP contribution in [0.1, 0.15) is 19.8 Å². The van der Waals surface area contributed by atoms with Crippen molar-refractivity contribution in [3.8, 4) is 0 Å². The molecule has 98 valence electrons. The zero-order valence-corrected chi connectivity index (χ0v) is 14.5. The van der Waals surface area contributed by atoms with Gasteiger partial charge in [-0.2, -0.15) is 0 Å². The maximum atomic E-state index is 11.9. The van der Waals surface area contributed by atoms with Gasteiger partial charge in [0.1, 0.15) is 6.04 Å². The SMILES string of the molecule is CC(Nc1c(Br)cc(Br)cc1Br)C(=O)NC1CC1. The van der Waals surface area contributed by atoms with Crippen molar-refractivity contribution >= 4 is 59.4 Å². The minimum Gasteiger partial charge on any atom is -0.372 e. The molecule has 1 aliphatic rings. The molecule has 0 heterocycles. The quantitative estimate of drug-likeness (QED) is 0.741. The molecule has 1 aliphatic carbocycles. The molecule has 0 saturated heterocycles. The first-order valence-electron chi connectivity index (χ1n) is 5.69. The summed E-state index contributed by atoms with van der Waals surface area (Å²) in [6.07, 6.45) is 2.20. The Balaban J connectivity index is 2.05. The number of nitrogens with one attached hydrogen (secondary N) is 2. The van der Waals surface area contributed by atoms with Crippen LogP contribution in [0, 0.1) is 0 Å². The number of halogens is 3. The van der Waals surface area contributed by atoms with Gasteiger partial charge in [-0.15, -0.1) is 0 Å². The van der Waals surface area contributed by atoms with E-state index in [4.69, 9.17) is 0 Å². The highest BCUT2D eigenvalue weighted by atomic mass is 79.9. The minimum atomic E-state index is -0.264. The third kappa shape index (κ3) is 3.71. The molecule has 0 spiro atoms. The van der Waals surface area contributed by atoms with Crippen molar-refractivity contribution in [3.05, 3.63) is 25.6 Å². The highest BCUT2D eigenvalue weighted by molar-refractivity contribution is 9.11. The van der Waals surface area contributed by atoms with E-state index in [1.807, 2.05) is 19.1 Å². The molecular formula is C12H13Br3N2O. The molecule has 0 radical (unpaired) electrons. The summed E-state index contributed by atoms with van der Waals surface area (Å²) in [5.41, 5.74) is 0.886. The van der Waals surface area contributed by atoms with Crippen molar-refractivity contribution in [2.45, 2.75) is 31.8 Å². The number of carbonyl (C=O) groups excluding carboxylic acids is 1. The third-order valence-electron chi connectivity index (χ3n) is 2.68. The summed E-state index contributed by atoms with van der Waals surface area (Å²) in [6, 6.07) is 4.01. The Morgan fingerprint density at radius 3 is 2.33 bits per heavy atom. The van der Waals surface area contributed by atoms with E-state index in [1.165, 1.54) is 0 Å². The van der Waals surface area contributed by atoms with Gasteiger partial charge in [0.15, 0.2) is 0 Å². The molecule has 0 bridgehead atoms. The van der Waals surface area contributed by atoms with Crippen molar-refractivity contribution in [2.75, 3.05) is 5.32 Å². The Bertz CT molecular complexity index is 451. The lowest BCUT2D eigenvalue weighted by atomic mass is 10.2. The lowest BCUT2D eigenvalue weighted by Gasteiger charge is -2.17. The molecule has 0 aliphatic heterocycles. The van der Waals surface area contributed by atoms with Gasteiger partial charge >= 0.3 is 0 Å². The van der Waals surface area contributed by atoms with Crippen LogP contribution in [0.4, 0.5) is 5.69 Å². The first-order valence-corrected chi connectivity index (χ1v) is 8.06. The molecule has 2 N–H and O–H groups in total. The lowest BCUT2D eigenvalue weighted by molar-refractivity contribution is -0.121. The molecule has 2 rings (SSSR count). The van der Waals surface area contributed by atoms with Crippen molar-refractivity contribution in [1.29, 1.82) is 0 Å². The van der Waals surface area contributed by atoms with Crippen LogP contribution >= 0.6 is 47.8 Å². The summed E-state index contributed by atoms with van der Waals surface area (Å²) < 4.78 is 2.80. The molecule has 3 nitrogen and oxygen atoms in total. The normalized spacial score (nSPS) is 16.2. The monoisotopic (exact) mass is 438 g/mol. The first kappa shape index (κ1) is 14.3. The van der Waals surface area contributed by atoms with Crippen LogP contribution in [0.2, 0.25) is 0 Å². The van der Waals surface area contributed by atoms with Crippen LogP contribution in [-0.4, -0.2) is 18.0 Å². The fourth-order valence-electron chi connectivity index (χ4n) is 1.52. The summed E-state index contributed by atoms with van der Waals surface area (Å²) in [5, 5.41) is 6.19. The van der Waals surface area contributed by atoms with Crippen LogP contribution < -0.4 is 10.6 Å². The van der Waals surface area contributed by atoms with Gasteiger partial charge in [-0.05, 0) is 63.8 Å². The van der Waals surface area contributed by atoms with E-state index in [-0.39, 0.29) is 11.9 Å². The van der Waals surface area contributed by atoms with E-state index in [2.05, 4.69) is 58.4 Å². The van der Waals surface area contributed by atoms with E-state index in [9.17, 15) is 4.79 Å². The predicted octanol–water partition coefficient (Wildman–Crippen LogP) is 4.05. The highest BCUT2D eigenvalue weighted by Crippen LogP contribution is 2.34. The van der Waals surface area contributed by atoms with Gasteiger partial charge in [0.25, 0.3) is 0 Å². The molecule has 1 atom stereocenters. The molecule has 18 heavy (non-hydrogen) atoms. The van der Waals surface area contributed by atoms with Crippen LogP contribution in [0.3, 0.4) is 0 Å². The van der Waals surface area contributed by atoms with E-state index >= 15 is 0 Å². The number of hydrogen-bond acceptors (Lipinski definition) is 2. The van der Waals surface area contributed by atoms with Gasteiger partial charge in [0.05, 0.1) is 5.69 Å². The number of benzene rings is 1. The second-order valence-corrected chi connectivity index (χ2v) is 7.02. The maximum Gasteiger partial charge on any atom is 0.242 e. The molecule has 1 unspecified atom stereocenters. The average molecular weight is 441 g/mol. The number of hydrogen-bond donors (Lipinski definition) is 2. The first-order chi connectivity index (χ1) is 8.47. The minimum absolute atomic E-state index is 0.0409. The van der Waals surface area contributed by atoms with E-state index in [1.54, 1.807) is 0 Å². The van der Waals surface area contributed by atoms with Gasteiger partial charge in [-0.25, -0.2) is 0 Å². The molecular weight excluding hydrogens is 428 g/mol. The largest absolute Gasteiger partial charge is 0.372 e. The summed E-state index contributed by atoms with van der Waals surface area (Å²) in [5.74, 6) is 0.0409. The van der Waals surface area contributed by atoms with Crippen LogP contribution in [-0.2, 0) is 4.79 Å². The highest BCUT2D eigenvalue weighted by Gasteiger charge is 2.26. The molecule has 1 fully saturated rings. The number of anilines is 1. The molecule has 0 aromatic heterocycles. The number of rotatable bonds is 4. The maximum absolute atomic E-state index is 11.9. The predicted molar refractivity (Wildman–Crippen MR) is 83.8 cm³/mol. The van der Waals surface area contributed by atoms with Crippen LogP contribution in [0.25, 0.3) is 0 Å². The van der Waals surface area contributed by atoms with Gasteiger partial charge in [-0.1, -0.05) is 15.9 Å². The Labute approximate surface area is 131 Å². The smallest absolute Gasteiger partial charge is 0.242 e. The third-order valence-corrected chi connectivity index (χ3v) is 4.39. The van der Waals surface area contributed by atoms with Gasteiger partial charge < -0.3 is 10.6 Å². The molecule has 1 aromatic carbocycles. The Kier molecular flexibility index (Phi) is 4.72. The van der Waals surface area contributed by atoms with Crippen molar-refractivity contribution in [1.82, 2.24) is 5.32 Å². The fraction of sp³-hybridized carbons (Fsp3) is 0.417. The standard InChI is InChI=1S/C12H13Br3N2O/c1-6(12(18)17-8-2-3-8)16-11-9(14)4-7(13)5-10(11)15/h4-6,8,16H,2-3H2,1H3,(H,17,18). The second-order valence-electron chi connectivity index (χ2n) is 4.39. The Morgan fingerprint density at radius 1 is 1.28 bits per heavy atom. The van der Waals surface area contributed by atoms with Crippen molar-refractivity contribution in [3.63, 3.8) is 0 Å². The zero-order valence-electron chi connectivity index (χ0n) is 9.77. The van der Waals surface area contributed by atoms with Crippen LogP contribution in [0.15, 0.2) is 25.6 Å².